The molecule has 0 spiro atoms. The van der Waals surface area contributed by atoms with Crippen LogP contribution in [0.3, 0.4) is 0 Å². The van der Waals surface area contributed by atoms with Crippen molar-refractivity contribution in [3.05, 3.63) is 15.8 Å². The Bertz CT molecular complexity index is 399. The first-order valence-electron chi connectivity index (χ1n) is 4.16. The number of rotatable bonds is 1. The first-order valence-corrected chi connectivity index (χ1v) is 4.97. The molecule has 1 aliphatic heterocycles. The van der Waals surface area contributed by atoms with Crippen LogP contribution in [-0.4, -0.2) is 36.9 Å². The van der Waals surface area contributed by atoms with Crippen molar-refractivity contribution >= 4 is 29.1 Å². The van der Waals surface area contributed by atoms with Crippen molar-refractivity contribution in [3.63, 3.8) is 0 Å². The number of fused-ring (bicyclic) bond motifs is 1. The first kappa shape index (κ1) is 9.36. The number of likely N-dealkylation sites (N-methyl/N-ethyl adjacent to an activating group) is 1. The molecular weight excluding hydrogens is 202 g/mol. The van der Waals surface area contributed by atoms with E-state index in [1.807, 2.05) is 0 Å². The monoisotopic (exact) mass is 211 g/mol. The molecular formula is C9H9NO3S. The van der Waals surface area contributed by atoms with E-state index in [0.29, 0.717) is 16.3 Å². The fourth-order valence-corrected chi connectivity index (χ4v) is 2.52. The fraction of sp³-hybridized carbons (Fsp3) is 0.333. The number of β-amino-alcohol motifs (C(OH)–C–C–N with tert-alkyl or cyclic N) is 1. The Balaban J connectivity index is 2.53. The van der Waals surface area contributed by atoms with Gasteiger partial charge >= 0.3 is 0 Å². The number of aliphatic hydroxyl groups is 1. The van der Waals surface area contributed by atoms with Crippen LogP contribution in [0.15, 0.2) is 6.07 Å². The maximum absolute atomic E-state index is 11.5. The third-order valence-electron chi connectivity index (χ3n) is 2.23. The molecule has 1 aromatic heterocycles. The zero-order valence-electron chi connectivity index (χ0n) is 7.56. The van der Waals surface area contributed by atoms with Crippen LogP contribution in [0.1, 0.15) is 19.3 Å². The molecule has 2 rings (SSSR count). The lowest BCUT2D eigenvalue weighted by Crippen LogP contribution is -2.39. The van der Waals surface area contributed by atoms with E-state index in [0.717, 1.165) is 23.3 Å². The van der Waals surface area contributed by atoms with Crippen molar-refractivity contribution < 1.29 is 14.7 Å². The number of ketones is 1. The Morgan fingerprint density at radius 3 is 3.07 bits per heavy atom. The van der Waals surface area contributed by atoms with Gasteiger partial charge in [-0.3, -0.25) is 9.59 Å². The van der Waals surface area contributed by atoms with Crippen LogP contribution < -0.4 is 4.90 Å². The minimum absolute atomic E-state index is 0.281. The molecule has 0 fully saturated rings. The van der Waals surface area contributed by atoms with Gasteiger partial charge in [-0.1, -0.05) is 0 Å². The summed E-state index contributed by atoms with van der Waals surface area (Å²) in [6, 6.07) is 1.68. The van der Waals surface area contributed by atoms with Gasteiger partial charge in [0.25, 0.3) is 0 Å². The third-order valence-corrected chi connectivity index (χ3v) is 3.30. The summed E-state index contributed by atoms with van der Waals surface area (Å²) >= 11 is 1.13. The molecule has 5 heteroatoms. The number of carbonyl (C=O) groups is 2. The predicted octanol–water partition coefficient (Wildman–Crippen LogP) is 0.554. The molecule has 4 nitrogen and oxygen atoms in total. The number of aldehydes is 1. The molecule has 0 radical (unpaired) electrons. The second-order valence-electron chi connectivity index (χ2n) is 3.24. The average molecular weight is 211 g/mol. The molecule has 14 heavy (non-hydrogen) atoms. The Kier molecular flexibility index (Phi) is 2.13. The molecule has 0 amide bonds. The van der Waals surface area contributed by atoms with Crippen molar-refractivity contribution in [2.45, 2.75) is 6.10 Å². The van der Waals surface area contributed by atoms with Crippen molar-refractivity contribution in [1.29, 1.82) is 0 Å². The number of Topliss-reactive ketones (excluding diaryl/α,β-unsaturated/α-hetero) is 1. The van der Waals surface area contributed by atoms with Crippen molar-refractivity contribution in [2.75, 3.05) is 18.5 Å². The Morgan fingerprint density at radius 1 is 1.71 bits per heavy atom. The standard InChI is InChI=1S/C9H9NO3S/c1-10-3-7(12)8(13)9-6(10)2-5(4-11)14-9/h2,4,7,12H,3H2,1H3. The summed E-state index contributed by atoms with van der Waals surface area (Å²) in [6.45, 7) is 0.293. The number of thiophene rings is 1. The minimum atomic E-state index is -0.967. The Hall–Kier alpha value is -1.20. The molecule has 1 aliphatic rings. The van der Waals surface area contributed by atoms with Crippen LogP contribution in [0.5, 0.6) is 0 Å². The van der Waals surface area contributed by atoms with Crippen molar-refractivity contribution in [2.24, 2.45) is 0 Å². The maximum atomic E-state index is 11.5. The van der Waals surface area contributed by atoms with Crippen LogP contribution in [0.2, 0.25) is 0 Å². The van der Waals surface area contributed by atoms with E-state index >= 15 is 0 Å². The van der Waals surface area contributed by atoms with Gasteiger partial charge in [0.05, 0.1) is 22.0 Å². The molecule has 0 bridgehead atoms. The first-order chi connectivity index (χ1) is 6.63. The molecule has 0 aliphatic carbocycles. The smallest absolute Gasteiger partial charge is 0.205 e. The van der Waals surface area contributed by atoms with Gasteiger partial charge in [0.2, 0.25) is 5.78 Å². The van der Waals surface area contributed by atoms with Crippen LogP contribution in [0, 0.1) is 0 Å². The largest absolute Gasteiger partial charge is 0.383 e. The Morgan fingerprint density at radius 2 is 2.43 bits per heavy atom. The third kappa shape index (κ3) is 1.25. The van der Waals surface area contributed by atoms with E-state index < -0.39 is 6.10 Å². The fourth-order valence-electron chi connectivity index (χ4n) is 1.51. The van der Waals surface area contributed by atoms with E-state index in [2.05, 4.69) is 0 Å². The van der Waals surface area contributed by atoms with Gasteiger partial charge in [0.15, 0.2) is 6.29 Å². The van der Waals surface area contributed by atoms with Crippen LogP contribution in [-0.2, 0) is 0 Å². The number of nitrogens with zero attached hydrogens (tertiary/aromatic N) is 1. The molecule has 2 heterocycles. The van der Waals surface area contributed by atoms with E-state index in [1.54, 1.807) is 18.0 Å². The highest BCUT2D eigenvalue weighted by Gasteiger charge is 2.30. The van der Waals surface area contributed by atoms with Gasteiger partial charge in [0, 0.05) is 7.05 Å². The molecule has 1 N–H and O–H groups in total. The second-order valence-corrected chi connectivity index (χ2v) is 4.33. The average Bonchev–Trinajstić information content (AvgIpc) is 2.58. The van der Waals surface area contributed by atoms with Gasteiger partial charge in [-0.2, -0.15) is 0 Å². The highest BCUT2D eigenvalue weighted by molar-refractivity contribution is 7.16. The van der Waals surface area contributed by atoms with Crippen LogP contribution in [0.25, 0.3) is 0 Å². The summed E-state index contributed by atoms with van der Waals surface area (Å²) in [5.74, 6) is -0.281. The normalized spacial score (nSPS) is 20.9. The molecule has 1 aromatic rings. The van der Waals surface area contributed by atoms with Gasteiger partial charge in [0.1, 0.15) is 6.10 Å². The minimum Gasteiger partial charge on any atom is -0.383 e. The van der Waals surface area contributed by atoms with Gasteiger partial charge in [-0.25, -0.2) is 0 Å². The molecule has 0 saturated heterocycles. The molecule has 1 atom stereocenters. The SMILES string of the molecule is CN1CC(O)C(=O)c2sc(C=O)cc21. The summed E-state index contributed by atoms with van der Waals surface area (Å²) in [5.41, 5.74) is 0.743. The summed E-state index contributed by atoms with van der Waals surface area (Å²) in [7, 11) is 1.79. The molecule has 0 aromatic carbocycles. The zero-order chi connectivity index (χ0) is 10.3. The molecule has 1 unspecified atom stereocenters. The number of hydrogen-bond donors (Lipinski definition) is 1. The number of carbonyl (C=O) groups excluding carboxylic acids is 2. The summed E-state index contributed by atoms with van der Waals surface area (Å²) < 4.78 is 0. The van der Waals surface area contributed by atoms with Gasteiger partial charge in [-0.05, 0) is 6.07 Å². The predicted molar refractivity (Wildman–Crippen MR) is 53.3 cm³/mol. The van der Waals surface area contributed by atoms with Gasteiger partial charge in [-0.15, -0.1) is 11.3 Å². The lowest BCUT2D eigenvalue weighted by atomic mass is 10.1. The number of anilines is 1. The van der Waals surface area contributed by atoms with E-state index in [-0.39, 0.29) is 5.78 Å². The summed E-state index contributed by atoms with van der Waals surface area (Å²) in [6.07, 6.45) is -0.248. The van der Waals surface area contributed by atoms with Crippen molar-refractivity contribution in [1.82, 2.24) is 0 Å². The van der Waals surface area contributed by atoms with Gasteiger partial charge < -0.3 is 10.0 Å². The van der Waals surface area contributed by atoms with E-state index in [1.165, 1.54) is 0 Å². The second kappa shape index (κ2) is 3.18. The highest BCUT2D eigenvalue weighted by atomic mass is 32.1. The van der Waals surface area contributed by atoms with Crippen LogP contribution in [0.4, 0.5) is 5.69 Å². The highest BCUT2D eigenvalue weighted by Crippen LogP contribution is 2.33. The molecule has 74 valence electrons. The molecule has 0 saturated carbocycles. The summed E-state index contributed by atoms with van der Waals surface area (Å²) in [5, 5.41) is 9.40. The lowest BCUT2D eigenvalue weighted by molar-refractivity contribution is 0.0754. The maximum Gasteiger partial charge on any atom is 0.205 e. The zero-order valence-corrected chi connectivity index (χ0v) is 8.37. The van der Waals surface area contributed by atoms with E-state index in [9.17, 15) is 14.7 Å². The topological polar surface area (TPSA) is 57.6 Å². The van der Waals surface area contributed by atoms with Crippen molar-refractivity contribution in [3.8, 4) is 0 Å². The summed E-state index contributed by atoms with van der Waals surface area (Å²) in [4.78, 5) is 24.8. The Labute approximate surface area is 84.8 Å². The van der Waals surface area contributed by atoms with E-state index in [4.69, 9.17) is 0 Å². The quantitative estimate of drug-likeness (QED) is 0.689. The number of aliphatic hydroxyl groups excluding tert-OH is 1. The number of hydrogen-bond acceptors (Lipinski definition) is 5. The lowest BCUT2D eigenvalue weighted by Gasteiger charge is -2.26. The van der Waals surface area contributed by atoms with Crippen LogP contribution >= 0.6 is 11.3 Å².